The van der Waals surface area contributed by atoms with Crippen molar-refractivity contribution in [1.29, 1.82) is 0 Å². The maximum Gasteiger partial charge on any atom is 0.0417 e. The zero-order valence-corrected chi connectivity index (χ0v) is 14.2. The molecule has 0 saturated carbocycles. The van der Waals surface area contributed by atoms with Crippen LogP contribution in [0.3, 0.4) is 0 Å². The molecule has 0 aliphatic carbocycles. The van der Waals surface area contributed by atoms with Crippen molar-refractivity contribution in [1.82, 2.24) is 5.32 Å². The molecule has 0 radical (unpaired) electrons. The Morgan fingerprint density at radius 3 is 2.42 bits per heavy atom. The van der Waals surface area contributed by atoms with E-state index in [-0.39, 0.29) is 0 Å². The minimum Gasteiger partial charge on any atom is -0.312 e. The molecule has 19 heavy (non-hydrogen) atoms. The highest BCUT2D eigenvalue weighted by atomic mass is 35.5. The summed E-state index contributed by atoms with van der Waals surface area (Å²) in [6, 6.07) is 6.22. The van der Waals surface area contributed by atoms with Gasteiger partial charge in [-0.25, -0.2) is 0 Å². The topological polar surface area (TPSA) is 12.0 Å². The van der Waals surface area contributed by atoms with E-state index in [9.17, 15) is 0 Å². The Morgan fingerprint density at radius 1 is 1.16 bits per heavy atom. The first-order valence-corrected chi connectivity index (χ1v) is 8.31. The lowest BCUT2D eigenvalue weighted by Crippen LogP contribution is -2.19. The lowest BCUT2D eigenvalue weighted by Gasteiger charge is -2.18. The third kappa shape index (κ3) is 6.20. The Labute approximate surface area is 127 Å². The van der Waals surface area contributed by atoms with Gasteiger partial charge in [-0.05, 0) is 36.1 Å². The van der Waals surface area contributed by atoms with E-state index in [2.05, 4.69) is 52.1 Å². The largest absolute Gasteiger partial charge is 0.312 e. The van der Waals surface area contributed by atoms with Crippen molar-refractivity contribution < 1.29 is 0 Å². The van der Waals surface area contributed by atoms with E-state index in [4.69, 9.17) is 11.6 Å². The van der Waals surface area contributed by atoms with Gasteiger partial charge < -0.3 is 5.32 Å². The van der Waals surface area contributed by atoms with Crippen LogP contribution in [-0.2, 0) is 6.54 Å². The van der Waals surface area contributed by atoms with Crippen molar-refractivity contribution in [3.8, 4) is 0 Å². The minimum absolute atomic E-state index is 0.599. The Bertz CT molecular complexity index is 390. The smallest absolute Gasteiger partial charge is 0.0417 e. The van der Waals surface area contributed by atoms with Gasteiger partial charge in [0.2, 0.25) is 0 Å². The van der Waals surface area contributed by atoms with Crippen molar-refractivity contribution in [2.24, 2.45) is 11.8 Å². The second-order valence-corrected chi connectivity index (χ2v) is 7.70. The van der Waals surface area contributed by atoms with Gasteiger partial charge in [0.1, 0.15) is 0 Å². The van der Waals surface area contributed by atoms with E-state index in [1.54, 1.807) is 0 Å². The Kier molecular flexibility index (Phi) is 7.27. The molecule has 0 spiro atoms. The summed E-state index contributed by atoms with van der Waals surface area (Å²) in [7, 11) is 0. The highest BCUT2D eigenvalue weighted by Gasteiger charge is 2.12. The van der Waals surface area contributed by atoms with E-state index >= 15 is 0 Å². The van der Waals surface area contributed by atoms with Gasteiger partial charge in [-0.15, -0.1) is 11.8 Å². The van der Waals surface area contributed by atoms with E-state index in [1.807, 2.05) is 17.8 Å². The van der Waals surface area contributed by atoms with Crippen LogP contribution >= 0.6 is 23.4 Å². The summed E-state index contributed by atoms with van der Waals surface area (Å²) in [4.78, 5) is 1.31. The van der Waals surface area contributed by atoms with E-state index in [0.29, 0.717) is 17.1 Å². The normalized spacial score (nSPS) is 13.3. The SMILES string of the molecule is CC(C)CNCc1ccc(Cl)cc1SC(C)C(C)C. The van der Waals surface area contributed by atoms with Crippen LogP contribution in [0.15, 0.2) is 23.1 Å². The summed E-state index contributed by atoms with van der Waals surface area (Å²) in [5, 5.41) is 4.93. The highest BCUT2D eigenvalue weighted by molar-refractivity contribution is 8.00. The number of nitrogens with one attached hydrogen (secondary N) is 1. The predicted molar refractivity (Wildman–Crippen MR) is 88.2 cm³/mol. The van der Waals surface area contributed by atoms with Crippen LogP contribution in [0.5, 0.6) is 0 Å². The summed E-state index contributed by atoms with van der Waals surface area (Å²) in [5.41, 5.74) is 1.35. The van der Waals surface area contributed by atoms with Crippen LogP contribution in [0.4, 0.5) is 0 Å². The second-order valence-electron chi connectivity index (χ2n) is 5.84. The summed E-state index contributed by atoms with van der Waals surface area (Å²) >= 11 is 8.06. The van der Waals surface area contributed by atoms with Crippen LogP contribution in [0.1, 0.15) is 40.2 Å². The zero-order chi connectivity index (χ0) is 14.4. The fourth-order valence-corrected chi connectivity index (χ4v) is 3.01. The van der Waals surface area contributed by atoms with E-state index < -0.39 is 0 Å². The van der Waals surface area contributed by atoms with Gasteiger partial charge in [-0.3, -0.25) is 0 Å². The Hall–Kier alpha value is -0.180. The van der Waals surface area contributed by atoms with Gasteiger partial charge in [-0.1, -0.05) is 52.3 Å². The molecule has 0 aliphatic rings. The molecule has 0 fully saturated rings. The van der Waals surface area contributed by atoms with Crippen LogP contribution in [0, 0.1) is 11.8 Å². The monoisotopic (exact) mass is 299 g/mol. The molecule has 1 unspecified atom stereocenters. The maximum absolute atomic E-state index is 6.13. The van der Waals surface area contributed by atoms with Crippen molar-refractivity contribution in [2.75, 3.05) is 6.54 Å². The molecule has 1 aromatic rings. The number of hydrogen-bond donors (Lipinski definition) is 1. The van der Waals surface area contributed by atoms with Crippen molar-refractivity contribution in [3.05, 3.63) is 28.8 Å². The van der Waals surface area contributed by atoms with E-state index in [0.717, 1.165) is 18.1 Å². The summed E-state index contributed by atoms with van der Waals surface area (Å²) in [6.45, 7) is 13.2. The van der Waals surface area contributed by atoms with Crippen molar-refractivity contribution in [2.45, 2.75) is 51.3 Å². The zero-order valence-electron chi connectivity index (χ0n) is 12.7. The molecule has 1 rings (SSSR count). The van der Waals surface area contributed by atoms with Gasteiger partial charge >= 0.3 is 0 Å². The van der Waals surface area contributed by atoms with Gasteiger partial charge in [0.15, 0.2) is 0 Å². The molecule has 1 atom stereocenters. The lowest BCUT2D eigenvalue weighted by atomic mass is 10.1. The number of thioether (sulfide) groups is 1. The molecular formula is C16H26ClNS. The van der Waals surface area contributed by atoms with Gasteiger partial charge in [-0.2, -0.15) is 0 Å². The first-order chi connectivity index (χ1) is 8.90. The number of rotatable bonds is 7. The van der Waals surface area contributed by atoms with Crippen molar-refractivity contribution >= 4 is 23.4 Å². The van der Waals surface area contributed by atoms with Crippen LogP contribution in [0.25, 0.3) is 0 Å². The third-order valence-corrected chi connectivity index (χ3v) is 4.93. The number of halogens is 1. The molecule has 108 valence electrons. The van der Waals surface area contributed by atoms with Crippen LogP contribution in [-0.4, -0.2) is 11.8 Å². The number of hydrogen-bond acceptors (Lipinski definition) is 2. The fraction of sp³-hybridized carbons (Fsp3) is 0.625. The maximum atomic E-state index is 6.13. The molecule has 1 N–H and O–H groups in total. The van der Waals surface area contributed by atoms with Gasteiger partial charge in [0.25, 0.3) is 0 Å². The summed E-state index contributed by atoms with van der Waals surface area (Å²) in [6.07, 6.45) is 0. The number of benzene rings is 1. The van der Waals surface area contributed by atoms with Crippen LogP contribution in [0.2, 0.25) is 5.02 Å². The molecule has 0 aromatic heterocycles. The Morgan fingerprint density at radius 2 is 1.84 bits per heavy atom. The quantitative estimate of drug-likeness (QED) is 0.693. The van der Waals surface area contributed by atoms with Gasteiger partial charge in [0, 0.05) is 21.7 Å². The highest BCUT2D eigenvalue weighted by Crippen LogP contribution is 2.32. The van der Waals surface area contributed by atoms with E-state index in [1.165, 1.54) is 10.5 Å². The molecule has 0 aliphatic heterocycles. The summed E-state index contributed by atoms with van der Waals surface area (Å²) in [5.74, 6) is 1.35. The predicted octanol–water partition coefficient (Wildman–Crippen LogP) is 5.22. The standard InChI is InChI=1S/C16H26ClNS/c1-11(2)9-18-10-14-6-7-15(17)8-16(14)19-13(5)12(3)4/h6-8,11-13,18H,9-10H2,1-5H3. The molecule has 0 amide bonds. The van der Waals surface area contributed by atoms with Crippen LogP contribution < -0.4 is 5.32 Å². The van der Waals surface area contributed by atoms with Crippen molar-refractivity contribution in [3.63, 3.8) is 0 Å². The first kappa shape index (κ1) is 16.9. The third-order valence-electron chi connectivity index (χ3n) is 3.15. The molecule has 0 bridgehead atoms. The lowest BCUT2D eigenvalue weighted by molar-refractivity contribution is 0.550. The molecule has 1 nitrogen and oxygen atoms in total. The second kappa shape index (κ2) is 8.18. The van der Waals surface area contributed by atoms with Gasteiger partial charge in [0.05, 0.1) is 0 Å². The summed E-state index contributed by atoms with van der Waals surface area (Å²) < 4.78 is 0. The average Bonchev–Trinajstić information content (AvgIpc) is 2.31. The molecular weight excluding hydrogens is 274 g/mol. The Balaban J connectivity index is 2.73. The molecule has 0 heterocycles. The average molecular weight is 300 g/mol. The minimum atomic E-state index is 0.599. The molecule has 0 saturated heterocycles. The molecule has 1 aromatic carbocycles. The first-order valence-electron chi connectivity index (χ1n) is 7.06. The molecule has 3 heteroatoms. The fourth-order valence-electron chi connectivity index (χ4n) is 1.62.